The molecule has 156 valence electrons. The van der Waals surface area contributed by atoms with Gasteiger partial charge in [-0.05, 0) is 42.8 Å². The molecule has 0 unspecified atom stereocenters. The van der Waals surface area contributed by atoms with Gasteiger partial charge in [0.05, 0.1) is 31.9 Å². The Morgan fingerprint density at radius 2 is 1.77 bits per heavy atom. The standard InChI is InChI=1S/C22H20ClFN2O4/c1-12-7-15(24)5-6-17(12)26-22(27)14-8-13(10-25-11-14)16-9-18(28-2)20(29-3)21(30-4)19(16)23/h5-11H,1-4H3,(H,26,27). The summed E-state index contributed by atoms with van der Waals surface area (Å²) >= 11 is 6.53. The quantitative estimate of drug-likeness (QED) is 0.587. The molecular weight excluding hydrogens is 411 g/mol. The van der Waals surface area contributed by atoms with Crippen LogP contribution in [0, 0.1) is 12.7 Å². The van der Waals surface area contributed by atoms with Gasteiger partial charge in [-0.3, -0.25) is 9.78 Å². The highest BCUT2D eigenvalue weighted by atomic mass is 35.5. The normalized spacial score (nSPS) is 10.5. The Morgan fingerprint density at radius 1 is 1.03 bits per heavy atom. The number of anilines is 1. The van der Waals surface area contributed by atoms with Crippen LogP contribution < -0.4 is 19.5 Å². The molecule has 0 bridgehead atoms. The van der Waals surface area contributed by atoms with E-state index in [1.807, 2.05) is 0 Å². The minimum absolute atomic E-state index is 0.295. The molecule has 0 aliphatic heterocycles. The second kappa shape index (κ2) is 9.00. The van der Waals surface area contributed by atoms with E-state index in [2.05, 4.69) is 10.3 Å². The average molecular weight is 431 g/mol. The van der Waals surface area contributed by atoms with E-state index in [9.17, 15) is 9.18 Å². The lowest BCUT2D eigenvalue weighted by molar-refractivity contribution is 0.102. The van der Waals surface area contributed by atoms with E-state index in [1.54, 1.807) is 25.3 Å². The van der Waals surface area contributed by atoms with Crippen molar-refractivity contribution in [2.75, 3.05) is 26.6 Å². The zero-order valence-electron chi connectivity index (χ0n) is 16.9. The molecule has 1 amide bonds. The summed E-state index contributed by atoms with van der Waals surface area (Å²) in [6.07, 6.45) is 3.01. The van der Waals surface area contributed by atoms with Crippen LogP contribution in [0.1, 0.15) is 15.9 Å². The number of pyridine rings is 1. The number of ether oxygens (including phenoxy) is 3. The molecule has 0 radical (unpaired) electrons. The van der Waals surface area contributed by atoms with Gasteiger partial charge in [-0.15, -0.1) is 0 Å². The molecule has 3 aromatic rings. The van der Waals surface area contributed by atoms with Crippen LogP contribution in [0.3, 0.4) is 0 Å². The summed E-state index contributed by atoms with van der Waals surface area (Å²) in [5.74, 6) is 0.340. The number of nitrogens with one attached hydrogen (secondary N) is 1. The molecule has 2 aromatic carbocycles. The maximum atomic E-state index is 13.3. The lowest BCUT2D eigenvalue weighted by Crippen LogP contribution is -2.13. The van der Waals surface area contributed by atoms with Gasteiger partial charge in [0.2, 0.25) is 5.75 Å². The summed E-state index contributed by atoms with van der Waals surface area (Å²) < 4.78 is 29.4. The molecule has 0 saturated carbocycles. The molecule has 1 aromatic heterocycles. The summed E-state index contributed by atoms with van der Waals surface area (Å²) in [6, 6.07) is 7.48. The summed E-state index contributed by atoms with van der Waals surface area (Å²) in [5.41, 5.74) is 2.58. The van der Waals surface area contributed by atoms with Gasteiger partial charge in [-0.1, -0.05) is 11.6 Å². The number of carbonyl (C=O) groups excluding carboxylic acids is 1. The number of methoxy groups -OCH3 is 3. The van der Waals surface area contributed by atoms with Crippen LogP contribution in [0.4, 0.5) is 10.1 Å². The number of hydrogen-bond donors (Lipinski definition) is 1. The number of amides is 1. The molecule has 3 rings (SSSR count). The largest absolute Gasteiger partial charge is 0.493 e. The Labute approximate surface area is 178 Å². The van der Waals surface area contributed by atoms with Gasteiger partial charge in [0.25, 0.3) is 5.91 Å². The minimum atomic E-state index is -0.386. The first-order valence-electron chi connectivity index (χ1n) is 8.91. The number of halogens is 2. The second-order valence-corrected chi connectivity index (χ2v) is 6.76. The van der Waals surface area contributed by atoms with Crippen LogP contribution in [0.5, 0.6) is 17.2 Å². The Hall–Kier alpha value is -3.32. The maximum Gasteiger partial charge on any atom is 0.257 e. The highest BCUT2D eigenvalue weighted by Gasteiger charge is 2.21. The molecule has 1 N–H and O–H groups in total. The van der Waals surface area contributed by atoms with Crippen LogP contribution in [0.2, 0.25) is 5.02 Å². The van der Waals surface area contributed by atoms with Crippen LogP contribution in [-0.2, 0) is 0 Å². The SMILES string of the molecule is COc1cc(-c2cncc(C(=O)Nc3ccc(F)cc3C)c2)c(Cl)c(OC)c1OC. The van der Waals surface area contributed by atoms with Crippen LogP contribution in [0.15, 0.2) is 42.7 Å². The first-order chi connectivity index (χ1) is 14.4. The first kappa shape index (κ1) is 21.4. The number of aromatic nitrogens is 1. The molecule has 1 heterocycles. The second-order valence-electron chi connectivity index (χ2n) is 6.38. The molecule has 0 spiro atoms. The Balaban J connectivity index is 2.00. The third-order valence-electron chi connectivity index (χ3n) is 4.52. The molecule has 0 saturated heterocycles. The minimum Gasteiger partial charge on any atom is -0.493 e. The maximum absolute atomic E-state index is 13.3. The topological polar surface area (TPSA) is 69.7 Å². The van der Waals surface area contributed by atoms with Gasteiger partial charge in [0, 0.05) is 29.2 Å². The van der Waals surface area contributed by atoms with E-state index in [1.165, 1.54) is 45.7 Å². The Kier molecular flexibility index (Phi) is 6.42. The summed E-state index contributed by atoms with van der Waals surface area (Å²) in [6.45, 7) is 1.71. The number of carbonyl (C=O) groups is 1. The monoisotopic (exact) mass is 430 g/mol. The van der Waals surface area contributed by atoms with E-state index >= 15 is 0 Å². The molecule has 0 aliphatic rings. The van der Waals surface area contributed by atoms with E-state index in [4.69, 9.17) is 25.8 Å². The molecular formula is C22H20ClFN2O4. The molecule has 6 nitrogen and oxygen atoms in total. The molecule has 8 heteroatoms. The first-order valence-corrected chi connectivity index (χ1v) is 9.28. The van der Waals surface area contributed by atoms with Crippen LogP contribution in [0.25, 0.3) is 11.1 Å². The van der Waals surface area contributed by atoms with Crippen molar-refractivity contribution in [2.45, 2.75) is 6.92 Å². The number of benzene rings is 2. The van der Waals surface area contributed by atoms with Gasteiger partial charge in [-0.25, -0.2) is 4.39 Å². The number of rotatable bonds is 6. The van der Waals surface area contributed by atoms with Crippen LogP contribution in [-0.4, -0.2) is 32.2 Å². The lowest BCUT2D eigenvalue weighted by Gasteiger charge is -2.17. The van der Waals surface area contributed by atoms with Gasteiger partial charge >= 0.3 is 0 Å². The predicted molar refractivity (Wildman–Crippen MR) is 113 cm³/mol. The Morgan fingerprint density at radius 3 is 2.40 bits per heavy atom. The van der Waals surface area contributed by atoms with Gasteiger partial charge in [-0.2, -0.15) is 0 Å². The third-order valence-corrected chi connectivity index (χ3v) is 4.89. The lowest BCUT2D eigenvalue weighted by atomic mass is 10.0. The summed E-state index contributed by atoms with van der Waals surface area (Å²) in [4.78, 5) is 16.9. The smallest absolute Gasteiger partial charge is 0.257 e. The van der Waals surface area contributed by atoms with E-state index in [0.29, 0.717) is 50.2 Å². The van der Waals surface area contributed by atoms with E-state index in [0.717, 1.165) is 0 Å². The van der Waals surface area contributed by atoms with Crippen molar-refractivity contribution in [2.24, 2.45) is 0 Å². The molecule has 30 heavy (non-hydrogen) atoms. The van der Waals surface area contributed by atoms with Crippen molar-refractivity contribution in [3.05, 3.63) is 64.7 Å². The predicted octanol–water partition coefficient (Wildman–Crippen LogP) is 5.13. The highest BCUT2D eigenvalue weighted by Crippen LogP contribution is 2.47. The molecule has 0 aliphatic carbocycles. The van der Waals surface area contributed by atoms with Crippen molar-refractivity contribution in [3.8, 4) is 28.4 Å². The number of nitrogens with zero attached hydrogens (tertiary/aromatic N) is 1. The zero-order chi connectivity index (χ0) is 21.8. The number of aryl methyl sites for hydroxylation is 1. The van der Waals surface area contributed by atoms with Crippen molar-refractivity contribution < 1.29 is 23.4 Å². The van der Waals surface area contributed by atoms with Gasteiger partial charge < -0.3 is 19.5 Å². The van der Waals surface area contributed by atoms with Crippen molar-refractivity contribution in [1.82, 2.24) is 4.98 Å². The van der Waals surface area contributed by atoms with Gasteiger partial charge in [0.1, 0.15) is 5.82 Å². The Bertz CT molecular complexity index is 1100. The fraction of sp³-hybridized carbons (Fsp3) is 0.182. The fourth-order valence-corrected chi connectivity index (χ4v) is 3.33. The highest BCUT2D eigenvalue weighted by molar-refractivity contribution is 6.35. The van der Waals surface area contributed by atoms with E-state index in [-0.39, 0.29) is 11.7 Å². The van der Waals surface area contributed by atoms with Gasteiger partial charge in [0.15, 0.2) is 11.5 Å². The van der Waals surface area contributed by atoms with E-state index < -0.39 is 0 Å². The molecule has 0 atom stereocenters. The average Bonchev–Trinajstić information content (AvgIpc) is 2.75. The van der Waals surface area contributed by atoms with Crippen molar-refractivity contribution in [3.63, 3.8) is 0 Å². The fourth-order valence-electron chi connectivity index (χ4n) is 3.00. The summed E-state index contributed by atoms with van der Waals surface area (Å²) in [7, 11) is 4.46. The summed E-state index contributed by atoms with van der Waals surface area (Å²) in [5, 5.41) is 3.06. The number of hydrogen-bond acceptors (Lipinski definition) is 5. The van der Waals surface area contributed by atoms with Crippen LogP contribution >= 0.6 is 11.6 Å². The molecule has 0 fully saturated rings. The van der Waals surface area contributed by atoms with Crippen molar-refractivity contribution in [1.29, 1.82) is 0 Å². The third kappa shape index (κ3) is 4.16. The van der Waals surface area contributed by atoms with Crippen molar-refractivity contribution >= 4 is 23.2 Å². The zero-order valence-corrected chi connectivity index (χ0v) is 17.6.